The fraction of sp³-hybridized carbons (Fsp3) is 0.200. The molecule has 0 fully saturated rings. The monoisotopic (exact) mass is 324 g/mol. The molecule has 0 heterocycles. The zero-order valence-electron chi connectivity index (χ0n) is 12.1. The van der Waals surface area contributed by atoms with Gasteiger partial charge in [0.1, 0.15) is 4.90 Å². The molecule has 0 aromatic heterocycles. The lowest BCUT2D eigenvalue weighted by atomic mass is 10.1. The van der Waals surface area contributed by atoms with Crippen LogP contribution < -0.4 is 10.5 Å². The van der Waals surface area contributed by atoms with Gasteiger partial charge in [0, 0.05) is 5.69 Å². The van der Waals surface area contributed by atoms with Gasteiger partial charge in [0.15, 0.2) is 0 Å². The van der Waals surface area contributed by atoms with Crippen molar-refractivity contribution >= 4 is 33.0 Å². The predicted molar refractivity (Wildman–Crippen MR) is 87.3 cm³/mol. The van der Waals surface area contributed by atoms with E-state index in [2.05, 4.69) is 4.72 Å². The number of nitrogen functional groups attached to an aromatic ring is 1. The number of hydrogen-bond donors (Lipinski definition) is 2. The molecule has 0 aliphatic rings. The predicted octanol–water partition coefficient (Wildman–Crippen LogP) is 3.65. The van der Waals surface area contributed by atoms with Crippen LogP contribution in [0.4, 0.5) is 11.4 Å². The lowest BCUT2D eigenvalue weighted by Crippen LogP contribution is -2.15. The van der Waals surface area contributed by atoms with Crippen molar-refractivity contribution in [3.05, 3.63) is 52.0 Å². The standard InChI is InChI=1S/C15H17ClN2O2S/c1-9-4-7-14(12(16)8-9)21(19,20)18-13-6-5-10(2)15(17)11(13)3/h4-8,18H,17H2,1-3H3. The number of aryl methyl sites for hydroxylation is 2. The molecule has 2 aromatic rings. The van der Waals surface area contributed by atoms with Gasteiger partial charge in [-0.1, -0.05) is 23.7 Å². The minimum absolute atomic E-state index is 0.0494. The van der Waals surface area contributed by atoms with Crippen molar-refractivity contribution in [3.8, 4) is 0 Å². The molecule has 0 spiro atoms. The highest BCUT2D eigenvalue weighted by Crippen LogP contribution is 2.29. The second-order valence-corrected chi connectivity index (χ2v) is 7.07. The van der Waals surface area contributed by atoms with E-state index in [1.54, 1.807) is 31.2 Å². The Labute approximate surface area is 130 Å². The summed E-state index contributed by atoms with van der Waals surface area (Å²) in [6, 6.07) is 8.29. The van der Waals surface area contributed by atoms with Crippen LogP contribution in [0, 0.1) is 20.8 Å². The van der Waals surface area contributed by atoms with Gasteiger partial charge in [-0.05, 0) is 55.7 Å². The van der Waals surface area contributed by atoms with Crippen LogP contribution in [0.15, 0.2) is 35.2 Å². The molecule has 2 rings (SSSR count). The Kier molecular flexibility index (Phi) is 4.16. The van der Waals surface area contributed by atoms with E-state index >= 15 is 0 Å². The third-order valence-electron chi connectivity index (χ3n) is 3.35. The summed E-state index contributed by atoms with van der Waals surface area (Å²) in [7, 11) is -3.75. The molecule has 6 heteroatoms. The fourth-order valence-electron chi connectivity index (χ4n) is 2.00. The molecule has 21 heavy (non-hydrogen) atoms. The lowest BCUT2D eigenvalue weighted by Gasteiger charge is -2.14. The normalized spacial score (nSPS) is 11.4. The molecular weight excluding hydrogens is 308 g/mol. The van der Waals surface area contributed by atoms with Gasteiger partial charge in [-0.15, -0.1) is 0 Å². The largest absolute Gasteiger partial charge is 0.398 e. The maximum Gasteiger partial charge on any atom is 0.263 e. The summed E-state index contributed by atoms with van der Waals surface area (Å²) in [6.07, 6.45) is 0. The molecule has 4 nitrogen and oxygen atoms in total. The molecule has 0 saturated heterocycles. The Balaban J connectivity index is 2.45. The molecule has 0 saturated carbocycles. The van der Waals surface area contributed by atoms with Crippen LogP contribution >= 0.6 is 11.6 Å². The average molecular weight is 325 g/mol. The molecule has 112 valence electrons. The van der Waals surface area contributed by atoms with Gasteiger partial charge >= 0.3 is 0 Å². The number of anilines is 2. The minimum Gasteiger partial charge on any atom is -0.398 e. The van der Waals surface area contributed by atoms with E-state index in [1.807, 2.05) is 13.8 Å². The van der Waals surface area contributed by atoms with E-state index in [1.165, 1.54) is 6.07 Å². The first-order valence-corrected chi connectivity index (χ1v) is 8.23. The zero-order chi connectivity index (χ0) is 15.8. The average Bonchev–Trinajstić information content (AvgIpc) is 2.39. The number of hydrogen-bond acceptors (Lipinski definition) is 3. The second-order valence-electron chi connectivity index (χ2n) is 5.01. The SMILES string of the molecule is Cc1ccc(S(=O)(=O)Nc2ccc(C)c(N)c2C)c(Cl)c1. The second kappa shape index (κ2) is 5.58. The van der Waals surface area contributed by atoms with Crippen molar-refractivity contribution in [1.82, 2.24) is 0 Å². The van der Waals surface area contributed by atoms with Crippen LogP contribution in [0.3, 0.4) is 0 Å². The van der Waals surface area contributed by atoms with Gasteiger partial charge in [-0.3, -0.25) is 4.72 Å². The van der Waals surface area contributed by atoms with Gasteiger partial charge in [0.25, 0.3) is 10.0 Å². The van der Waals surface area contributed by atoms with Gasteiger partial charge in [0.2, 0.25) is 0 Å². The molecule has 0 radical (unpaired) electrons. The number of sulfonamides is 1. The van der Waals surface area contributed by atoms with Crippen molar-refractivity contribution in [2.24, 2.45) is 0 Å². The van der Waals surface area contributed by atoms with E-state index in [-0.39, 0.29) is 9.92 Å². The van der Waals surface area contributed by atoms with Crippen LogP contribution in [0.25, 0.3) is 0 Å². The molecule has 3 N–H and O–H groups in total. The molecule has 0 unspecified atom stereocenters. The molecule has 0 aliphatic carbocycles. The first-order chi connectivity index (χ1) is 9.72. The Morgan fingerprint density at radius 3 is 2.38 bits per heavy atom. The highest BCUT2D eigenvalue weighted by Gasteiger charge is 2.19. The van der Waals surface area contributed by atoms with Crippen LogP contribution in [0.5, 0.6) is 0 Å². The Morgan fingerprint density at radius 1 is 1.10 bits per heavy atom. The highest BCUT2D eigenvalue weighted by atomic mass is 35.5. The lowest BCUT2D eigenvalue weighted by molar-refractivity contribution is 0.601. The smallest absolute Gasteiger partial charge is 0.263 e. The summed E-state index contributed by atoms with van der Waals surface area (Å²) in [6.45, 7) is 5.49. The Bertz CT molecular complexity index is 802. The van der Waals surface area contributed by atoms with Crippen LogP contribution in [-0.4, -0.2) is 8.42 Å². The third kappa shape index (κ3) is 3.14. The summed E-state index contributed by atoms with van der Waals surface area (Å²) < 4.78 is 27.4. The van der Waals surface area contributed by atoms with Crippen LogP contribution in [0.2, 0.25) is 5.02 Å². The molecule has 0 aliphatic heterocycles. The maximum absolute atomic E-state index is 12.4. The summed E-state index contributed by atoms with van der Waals surface area (Å²) in [5.41, 5.74) is 9.46. The van der Waals surface area contributed by atoms with E-state index < -0.39 is 10.0 Å². The van der Waals surface area contributed by atoms with E-state index in [0.717, 1.165) is 11.1 Å². The summed E-state index contributed by atoms with van der Waals surface area (Å²) >= 11 is 6.03. The number of nitrogens with one attached hydrogen (secondary N) is 1. The van der Waals surface area contributed by atoms with Crippen LogP contribution in [-0.2, 0) is 10.0 Å². The number of benzene rings is 2. The Morgan fingerprint density at radius 2 is 1.76 bits per heavy atom. The summed E-state index contributed by atoms with van der Waals surface area (Å²) in [4.78, 5) is 0.0494. The fourth-order valence-corrected chi connectivity index (χ4v) is 3.72. The molecule has 0 amide bonds. The van der Waals surface area contributed by atoms with Crippen LogP contribution in [0.1, 0.15) is 16.7 Å². The van der Waals surface area contributed by atoms with Gasteiger partial charge in [-0.2, -0.15) is 0 Å². The topological polar surface area (TPSA) is 72.2 Å². The number of halogens is 1. The number of nitrogens with two attached hydrogens (primary N) is 1. The first kappa shape index (κ1) is 15.7. The van der Waals surface area contributed by atoms with E-state index in [0.29, 0.717) is 16.9 Å². The van der Waals surface area contributed by atoms with E-state index in [4.69, 9.17) is 17.3 Å². The zero-order valence-corrected chi connectivity index (χ0v) is 13.6. The maximum atomic E-state index is 12.4. The summed E-state index contributed by atoms with van der Waals surface area (Å²) in [5, 5.41) is 0.195. The van der Waals surface area contributed by atoms with Crippen molar-refractivity contribution in [2.75, 3.05) is 10.5 Å². The van der Waals surface area contributed by atoms with Crippen molar-refractivity contribution < 1.29 is 8.42 Å². The van der Waals surface area contributed by atoms with Crippen molar-refractivity contribution in [2.45, 2.75) is 25.7 Å². The van der Waals surface area contributed by atoms with Crippen molar-refractivity contribution in [3.63, 3.8) is 0 Å². The molecule has 0 atom stereocenters. The summed E-state index contributed by atoms with van der Waals surface area (Å²) in [5.74, 6) is 0. The number of rotatable bonds is 3. The Hall–Kier alpha value is -1.72. The third-order valence-corrected chi connectivity index (χ3v) is 5.20. The minimum atomic E-state index is -3.75. The van der Waals surface area contributed by atoms with Gasteiger partial charge in [0.05, 0.1) is 10.7 Å². The van der Waals surface area contributed by atoms with Gasteiger partial charge < -0.3 is 5.73 Å². The quantitative estimate of drug-likeness (QED) is 0.846. The molecular formula is C15H17ClN2O2S. The van der Waals surface area contributed by atoms with E-state index in [9.17, 15) is 8.42 Å². The van der Waals surface area contributed by atoms with Crippen molar-refractivity contribution in [1.29, 1.82) is 0 Å². The highest BCUT2D eigenvalue weighted by molar-refractivity contribution is 7.92. The first-order valence-electron chi connectivity index (χ1n) is 6.37. The molecule has 0 bridgehead atoms. The van der Waals surface area contributed by atoms with Gasteiger partial charge in [-0.25, -0.2) is 8.42 Å². The molecule has 2 aromatic carbocycles.